The standard InChI is InChI=1S/C14H22N2O3/c1-3-16(11-6-7-11)9-13(17)15-10-14(2,18)12-5-4-8-19-12/h4-5,8,11,18H,3,6-7,9-10H2,1-2H3,(H,15,17). The average Bonchev–Trinajstić information content (AvgIpc) is 3.06. The maximum atomic E-state index is 11.9. The first kappa shape index (κ1) is 14.1. The lowest BCUT2D eigenvalue weighted by Crippen LogP contribution is -2.43. The maximum absolute atomic E-state index is 11.9. The maximum Gasteiger partial charge on any atom is 0.234 e. The summed E-state index contributed by atoms with van der Waals surface area (Å²) < 4.78 is 5.17. The summed E-state index contributed by atoms with van der Waals surface area (Å²) in [5.74, 6) is 0.405. The van der Waals surface area contributed by atoms with Crippen molar-refractivity contribution >= 4 is 5.91 Å². The Morgan fingerprint density at radius 2 is 2.37 bits per heavy atom. The van der Waals surface area contributed by atoms with Crippen molar-refractivity contribution in [2.45, 2.75) is 38.3 Å². The van der Waals surface area contributed by atoms with E-state index in [2.05, 4.69) is 17.1 Å². The van der Waals surface area contributed by atoms with E-state index < -0.39 is 5.60 Å². The van der Waals surface area contributed by atoms with Crippen LogP contribution in [-0.4, -0.2) is 41.6 Å². The van der Waals surface area contributed by atoms with E-state index in [9.17, 15) is 9.90 Å². The van der Waals surface area contributed by atoms with Crippen LogP contribution in [0.3, 0.4) is 0 Å². The summed E-state index contributed by atoms with van der Waals surface area (Å²) in [7, 11) is 0. The van der Waals surface area contributed by atoms with Crippen LogP contribution >= 0.6 is 0 Å². The summed E-state index contributed by atoms with van der Waals surface area (Å²) in [6.07, 6.45) is 3.88. The van der Waals surface area contributed by atoms with Crippen LogP contribution < -0.4 is 5.32 Å². The molecule has 19 heavy (non-hydrogen) atoms. The van der Waals surface area contributed by atoms with Gasteiger partial charge in [0.2, 0.25) is 5.91 Å². The topological polar surface area (TPSA) is 65.7 Å². The highest BCUT2D eigenvalue weighted by Gasteiger charge is 2.30. The van der Waals surface area contributed by atoms with Gasteiger partial charge in [0.1, 0.15) is 11.4 Å². The highest BCUT2D eigenvalue weighted by molar-refractivity contribution is 5.78. The van der Waals surface area contributed by atoms with Crippen LogP contribution in [-0.2, 0) is 10.4 Å². The molecule has 0 aliphatic heterocycles. The van der Waals surface area contributed by atoms with Crippen molar-refractivity contribution < 1.29 is 14.3 Å². The molecule has 1 saturated carbocycles. The fourth-order valence-corrected chi connectivity index (χ4v) is 2.12. The number of nitrogens with one attached hydrogen (secondary N) is 1. The number of furan rings is 1. The van der Waals surface area contributed by atoms with Gasteiger partial charge in [0, 0.05) is 6.04 Å². The lowest BCUT2D eigenvalue weighted by atomic mass is 10.0. The zero-order valence-corrected chi connectivity index (χ0v) is 11.6. The number of hydrogen-bond donors (Lipinski definition) is 2. The number of rotatable bonds is 7. The van der Waals surface area contributed by atoms with Gasteiger partial charge < -0.3 is 14.8 Å². The largest absolute Gasteiger partial charge is 0.466 e. The van der Waals surface area contributed by atoms with Gasteiger partial charge in [-0.3, -0.25) is 9.69 Å². The molecule has 106 valence electrons. The van der Waals surface area contributed by atoms with Crippen LogP contribution in [0.2, 0.25) is 0 Å². The molecule has 1 amide bonds. The minimum atomic E-state index is -1.17. The van der Waals surface area contributed by atoms with Crippen LogP contribution in [0.5, 0.6) is 0 Å². The first-order valence-corrected chi connectivity index (χ1v) is 6.80. The number of likely N-dealkylation sites (N-methyl/N-ethyl adjacent to an activating group) is 1. The molecule has 1 aromatic rings. The van der Waals surface area contributed by atoms with Gasteiger partial charge in [0.05, 0.1) is 19.4 Å². The first-order chi connectivity index (χ1) is 9.03. The number of nitrogens with zero attached hydrogens (tertiary/aromatic N) is 1. The monoisotopic (exact) mass is 266 g/mol. The third kappa shape index (κ3) is 3.81. The predicted octanol–water partition coefficient (Wildman–Crippen LogP) is 1.09. The van der Waals surface area contributed by atoms with Crippen molar-refractivity contribution in [2.75, 3.05) is 19.6 Å². The molecular formula is C14H22N2O3. The SMILES string of the molecule is CCN(CC(=O)NCC(C)(O)c1ccco1)C1CC1. The lowest BCUT2D eigenvalue weighted by molar-refractivity contribution is -0.123. The summed E-state index contributed by atoms with van der Waals surface area (Å²) in [5, 5.41) is 13.0. The molecule has 2 N–H and O–H groups in total. The molecule has 1 aliphatic carbocycles. The smallest absolute Gasteiger partial charge is 0.234 e. The second-order valence-corrected chi connectivity index (χ2v) is 5.32. The molecular weight excluding hydrogens is 244 g/mol. The van der Waals surface area contributed by atoms with Gasteiger partial charge >= 0.3 is 0 Å². The molecule has 5 nitrogen and oxygen atoms in total. The number of aliphatic hydroxyl groups is 1. The quantitative estimate of drug-likeness (QED) is 0.775. The zero-order valence-electron chi connectivity index (χ0n) is 11.6. The summed E-state index contributed by atoms with van der Waals surface area (Å²) in [6, 6.07) is 3.99. The van der Waals surface area contributed by atoms with Crippen molar-refractivity contribution in [1.82, 2.24) is 10.2 Å². The summed E-state index contributed by atoms with van der Waals surface area (Å²) in [6.45, 7) is 5.12. The number of amides is 1. The fourth-order valence-electron chi connectivity index (χ4n) is 2.12. The van der Waals surface area contributed by atoms with E-state index in [-0.39, 0.29) is 12.5 Å². The van der Waals surface area contributed by atoms with E-state index in [0.29, 0.717) is 18.3 Å². The summed E-state index contributed by atoms with van der Waals surface area (Å²) >= 11 is 0. The fraction of sp³-hybridized carbons (Fsp3) is 0.643. The molecule has 1 fully saturated rings. The minimum Gasteiger partial charge on any atom is -0.466 e. The Morgan fingerprint density at radius 1 is 1.63 bits per heavy atom. The van der Waals surface area contributed by atoms with Crippen LogP contribution in [0.15, 0.2) is 22.8 Å². The third-order valence-corrected chi connectivity index (χ3v) is 3.50. The second kappa shape index (κ2) is 5.75. The lowest BCUT2D eigenvalue weighted by Gasteiger charge is -2.23. The van der Waals surface area contributed by atoms with Crippen molar-refractivity contribution in [2.24, 2.45) is 0 Å². The van der Waals surface area contributed by atoms with Gasteiger partial charge in [-0.1, -0.05) is 6.92 Å². The van der Waals surface area contributed by atoms with Gasteiger partial charge in [-0.15, -0.1) is 0 Å². The van der Waals surface area contributed by atoms with Crippen molar-refractivity contribution in [3.8, 4) is 0 Å². The molecule has 1 atom stereocenters. The van der Waals surface area contributed by atoms with E-state index in [4.69, 9.17) is 4.42 Å². The zero-order chi connectivity index (χ0) is 13.9. The van der Waals surface area contributed by atoms with Crippen molar-refractivity contribution in [3.63, 3.8) is 0 Å². The van der Waals surface area contributed by atoms with Gasteiger partial charge in [-0.2, -0.15) is 0 Å². The molecule has 0 spiro atoms. The van der Waals surface area contributed by atoms with E-state index in [1.807, 2.05) is 0 Å². The molecule has 0 radical (unpaired) electrons. The Bertz CT molecular complexity index is 410. The molecule has 1 aromatic heterocycles. The van der Waals surface area contributed by atoms with Crippen molar-refractivity contribution in [1.29, 1.82) is 0 Å². The highest BCUT2D eigenvalue weighted by atomic mass is 16.4. The predicted molar refractivity (Wildman–Crippen MR) is 71.6 cm³/mol. The first-order valence-electron chi connectivity index (χ1n) is 6.80. The normalized spacial score (nSPS) is 18.3. The molecule has 5 heteroatoms. The molecule has 1 unspecified atom stereocenters. The third-order valence-electron chi connectivity index (χ3n) is 3.50. The molecule has 2 rings (SSSR count). The Hall–Kier alpha value is -1.33. The number of hydrogen-bond acceptors (Lipinski definition) is 4. The Balaban J connectivity index is 1.79. The highest BCUT2D eigenvalue weighted by Crippen LogP contribution is 2.26. The van der Waals surface area contributed by atoms with Crippen LogP contribution in [0.1, 0.15) is 32.4 Å². The van der Waals surface area contributed by atoms with Gasteiger partial charge in [-0.05, 0) is 38.4 Å². The summed E-state index contributed by atoms with van der Waals surface area (Å²) in [4.78, 5) is 14.0. The van der Waals surface area contributed by atoms with Crippen LogP contribution in [0, 0.1) is 0 Å². The Labute approximate surface area is 113 Å². The summed E-state index contributed by atoms with van der Waals surface area (Å²) in [5.41, 5.74) is -1.17. The van der Waals surface area contributed by atoms with Crippen molar-refractivity contribution in [3.05, 3.63) is 24.2 Å². The van der Waals surface area contributed by atoms with Gasteiger partial charge in [0.25, 0.3) is 0 Å². The van der Waals surface area contributed by atoms with E-state index in [1.165, 1.54) is 19.1 Å². The molecule has 1 heterocycles. The molecule has 0 saturated heterocycles. The Morgan fingerprint density at radius 3 is 2.89 bits per heavy atom. The van der Waals surface area contributed by atoms with E-state index in [0.717, 1.165) is 6.54 Å². The number of carbonyl (C=O) groups is 1. The van der Waals surface area contributed by atoms with Gasteiger partial charge in [0.15, 0.2) is 0 Å². The van der Waals surface area contributed by atoms with Crippen LogP contribution in [0.4, 0.5) is 0 Å². The molecule has 1 aliphatic rings. The second-order valence-electron chi connectivity index (χ2n) is 5.32. The number of carbonyl (C=O) groups excluding carboxylic acids is 1. The Kier molecular flexibility index (Phi) is 4.27. The van der Waals surface area contributed by atoms with Gasteiger partial charge in [-0.25, -0.2) is 0 Å². The molecule has 0 aromatic carbocycles. The minimum absolute atomic E-state index is 0.0550. The van der Waals surface area contributed by atoms with E-state index in [1.54, 1.807) is 19.1 Å². The van der Waals surface area contributed by atoms with Crippen LogP contribution in [0.25, 0.3) is 0 Å². The van der Waals surface area contributed by atoms with E-state index >= 15 is 0 Å². The average molecular weight is 266 g/mol. The molecule has 0 bridgehead atoms.